The molecule has 6 nitrogen and oxygen atoms in total. The molecule has 0 fully saturated rings. The van der Waals surface area contributed by atoms with Crippen LogP contribution in [0.1, 0.15) is 22.8 Å². The Morgan fingerprint density at radius 3 is 2.17 bits per heavy atom. The summed E-state index contributed by atoms with van der Waals surface area (Å²) in [7, 11) is 1.59. The fourth-order valence-electron chi connectivity index (χ4n) is 2.03. The number of hydrogen-bond donors (Lipinski definition) is 2. The first kappa shape index (κ1) is 17.3. The first-order valence-electron chi connectivity index (χ1n) is 7.46. The van der Waals surface area contributed by atoms with E-state index in [1.165, 1.54) is 0 Å². The molecule has 0 bridgehead atoms. The topological polar surface area (TPSA) is 90.7 Å². The molecule has 0 spiro atoms. The van der Waals surface area contributed by atoms with Crippen molar-refractivity contribution in [3.8, 4) is 11.5 Å². The highest BCUT2D eigenvalue weighted by atomic mass is 16.5. The van der Waals surface area contributed by atoms with E-state index in [1.807, 2.05) is 0 Å². The number of hydrogen-bond acceptors (Lipinski definition) is 4. The number of nitrogens with two attached hydrogens (primary N) is 1. The predicted octanol–water partition coefficient (Wildman–Crippen LogP) is 1.88. The summed E-state index contributed by atoms with van der Waals surface area (Å²) in [6.45, 7) is 2.02. The lowest BCUT2D eigenvalue weighted by Gasteiger charge is -2.15. The van der Waals surface area contributed by atoms with Crippen LogP contribution in [-0.2, 0) is 11.3 Å². The molecule has 0 aliphatic rings. The SMILES string of the molecule is COc1ccc(OC(C)C(=O)NCc2ccc(C(N)=O)cc2)cc1. The van der Waals surface area contributed by atoms with Crippen LogP contribution in [0.4, 0.5) is 0 Å². The van der Waals surface area contributed by atoms with Gasteiger partial charge in [0.2, 0.25) is 5.91 Å². The van der Waals surface area contributed by atoms with Crippen LogP contribution in [0.5, 0.6) is 11.5 Å². The average molecular weight is 328 g/mol. The first-order valence-corrected chi connectivity index (χ1v) is 7.46. The maximum Gasteiger partial charge on any atom is 0.261 e. The molecule has 1 unspecified atom stereocenters. The normalized spacial score (nSPS) is 11.4. The molecule has 0 saturated carbocycles. The van der Waals surface area contributed by atoms with Crippen LogP contribution in [0, 0.1) is 0 Å². The molecule has 0 heterocycles. The lowest BCUT2D eigenvalue weighted by Crippen LogP contribution is -2.35. The average Bonchev–Trinajstić information content (AvgIpc) is 2.60. The van der Waals surface area contributed by atoms with Gasteiger partial charge in [0.1, 0.15) is 11.5 Å². The summed E-state index contributed by atoms with van der Waals surface area (Å²) >= 11 is 0. The highest BCUT2D eigenvalue weighted by Crippen LogP contribution is 2.18. The number of nitrogens with one attached hydrogen (secondary N) is 1. The van der Waals surface area contributed by atoms with Crippen LogP contribution < -0.4 is 20.5 Å². The first-order chi connectivity index (χ1) is 11.5. The Morgan fingerprint density at radius 2 is 1.62 bits per heavy atom. The van der Waals surface area contributed by atoms with Gasteiger partial charge < -0.3 is 20.5 Å². The highest BCUT2D eigenvalue weighted by Gasteiger charge is 2.14. The zero-order valence-electron chi connectivity index (χ0n) is 13.6. The Bertz CT molecular complexity index is 696. The third kappa shape index (κ3) is 4.74. The third-order valence-corrected chi connectivity index (χ3v) is 3.45. The van der Waals surface area contributed by atoms with E-state index in [0.717, 1.165) is 11.3 Å². The van der Waals surface area contributed by atoms with Crippen LogP contribution in [0.2, 0.25) is 0 Å². The van der Waals surface area contributed by atoms with Gasteiger partial charge in [-0.15, -0.1) is 0 Å². The van der Waals surface area contributed by atoms with Crippen molar-refractivity contribution in [2.75, 3.05) is 7.11 Å². The van der Waals surface area contributed by atoms with Crippen LogP contribution >= 0.6 is 0 Å². The van der Waals surface area contributed by atoms with E-state index >= 15 is 0 Å². The van der Waals surface area contributed by atoms with Crippen molar-refractivity contribution in [2.45, 2.75) is 19.6 Å². The summed E-state index contributed by atoms with van der Waals surface area (Å²) in [5.74, 6) is 0.597. The molecule has 2 rings (SSSR count). The van der Waals surface area contributed by atoms with Crippen molar-refractivity contribution in [1.29, 1.82) is 0 Å². The van der Waals surface area contributed by atoms with Gasteiger partial charge in [-0.25, -0.2) is 0 Å². The van der Waals surface area contributed by atoms with Gasteiger partial charge >= 0.3 is 0 Å². The van der Waals surface area contributed by atoms with E-state index < -0.39 is 12.0 Å². The zero-order chi connectivity index (χ0) is 17.5. The van der Waals surface area contributed by atoms with Gasteiger partial charge in [0.15, 0.2) is 6.10 Å². The predicted molar refractivity (Wildman–Crippen MR) is 89.9 cm³/mol. The Kier molecular flexibility index (Phi) is 5.78. The molecule has 0 aliphatic heterocycles. The summed E-state index contributed by atoms with van der Waals surface area (Å²) in [6, 6.07) is 13.8. The van der Waals surface area contributed by atoms with Crippen molar-refractivity contribution < 1.29 is 19.1 Å². The Hall–Kier alpha value is -3.02. The monoisotopic (exact) mass is 328 g/mol. The largest absolute Gasteiger partial charge is 0.497 e. The maximum atomic E-state index is 12.1. The molecule has 0 aliphatic carbocycles. The van der Waals surface area contributed by atoms with Crippen molar-refractivity contribution in [1.82, 2.24) is 5.32 Å². The lowest BCUT2D eigenvalue weighted by molar-refractivity contribution is -0.127. The van der Waals surface area contributed by atoms with E-state index in [1.54, 1.807) is 62.6 Å². The minimum absolute atomic E-state index is 0.232. The van der Waals surface area contributed by atoms with E-state index in [4.69, 9.17) is 15.2 Å². The molecule has 0 radical (unpaired) electrons. The molecule has 3 N–H and O–H groups in total. The maximum absolute atomic E-state index is 12.1. The number of ether oxygens (including phenoxy) is 2. The summed E-state index contributed by atoms with van der Waals surface area (Å²) in [4.78, 5) is 23.1. The van der Waals surface area contributed by atoms with Gasteiger partial charge in [-0.05, 0) is 48.9 Å². The number of amides is 2. The van der Waals surface area contributed by atoms with Crippen molar-refractivity contribution in [3.05, 3.63) is 59.7 Å². The number of carbonyl (C=O) groups is 2. The Labute approximate surface area is 140 Å². The van der Waals surface area contributed by atoms with E-state index in [-0.39, 0.29) is 5.91 Å². The molecule has 0 aromatic heterocycles. The summed E-state index contributed by atoms with van der Waals surface area (Å²) in [5, 5.41) is 2.79. The number of methoxy groups -OCH3 is 1. The number of carbonyl (C=O) groups excluding carboxylic acids is 2. The number of benzene rings is 2. The quantitative estimate of drug-likeness (QED) is 0.812. The zero-order valence-corrected chi connectivity index (χ0v) is 13.6. The molecule has 2 aromatic rings. The van der Waals surface area contributed by atoms with Crippen LogP contribution in [0.15, 0.2) is 48.5 Å². The lowest BCUT2D eigenvalue weighted by atomic mass is 10.1. The van der Waals surface area contributed by atoms with Gasteiger partial charge in [-0.2, -0.15) is 0 Å². The number of primary amides is 1. The molecule has 1 atom stereocenters. The fraction of sp³-hybridized carbons (Fsp3) is 0.222. The van der Waals surface area contributed by atoms with Crippen LogP contribution in [0.25, 0.3) is 0 Å². The van der Waals surface area contributed by atoms with Gasteiger partial charge in [0.05, 0.1) is 7.11 Å². The van der Waals surface area contributed by atoms with Crippen molar-refractivity contribution >= 4 is 11.8 Å². The Morgan fingerprint density at radius 1 is 1.04 bits per heavy atom. The van der Waals surface area contributed by atoms with Gasteiger partial charge in [-0.3, -0.25) is 9.59 Å². The standard InChI is InChI=1S/C18H20N2O4/c1-12(24-16-9-7-15(23-2)8-10-16)18(22)20-11-13-3-5-14(6-4-13)17(19)21/h3-10,12H,11H2,1-2H3,(H2,19,21)(H,20,22). The molecular weight excluding hydrogens is 308 g/mol. The second-order valence-electron chi connectivity index (χ2n) is 5.21. The molecule has 2 amide bonds. The third-order valence-electron chi connectivity index (χ3n) is 3.45. The number of rotatable bonds is 7. The van der Waals surface area contributed by atoms with E-state index in [9.17, 15) is 9.59 Å². The van der Waals surface area contributed by atoms with Crippen molar-refractivity contribution in [3.63, 3.8) is 0 Å². The smallest absolute Gasteiger partial charge is 0.261 e. The van der Waals surface area contributed by atoms with Crippen molar-refractivity contribution in [2.24, 2.45) is 5.73 Å². The summed E-state index contributed by atoms with van der Waals surface area (Å²) in [6.07, 6.45) is -0.636. The summed E-state index contributed by atoms with van der Waals surface area (Å²) < 4.78 is 10.7. The minimum atomic E-state index is -0.636. The molecule has 0 saturated heterocycles. The second-order valence-corrected chi connectivity index (χ2v) is 5.21. The minimum Gasteiger partial charge on any atom is -0.497 e. The summed E-state index contributed by atoms with van der Waals surface area (Å²) in [5.41, 5.74) is 6.48. The van der Waals surface area contributed by atoms with Crippen LogP contribution in [0.3, 0.4) is 0 Å². The molecule has 2 aromatic carbocycles. The van der Waals surface area contributed by atoms with Gasteiger partial charge in [0, 0.05) is 12.1 Å². The van der Waals surface area contributed by atoms with Gasteiger partial charge in [0.25, 0.3) is 5.91 Å². The Balaban J connectivity index is 1.85. The van der Waals surface area contributed by atoms with Gasteiger partial charge in [-0.1, -0.05) is 12.1 Å². The highest BCUT2D eigenvalue weighted by molar-refractivity contribution is 5.92. The van der Waals surface area contributed by atoms with E-state index in [2.05, 4.69) is 5.32 Å². The molecule has 6 heteroatoms. The molecule has 126 valence electrons. The molecular formula is C18H20N2O4. The van der Waals surface area contributed by atoms with Crippen LogP contribution in [-0.4, -0.2) is 25.0 Å². The fourth-order valence-corrected chi connectivity index (χ4v) is 2.03. The molecule has 24 heavy (non-hydrogen) atoms. The second kappa shape index (κ2) is 8.01. The van der Waals surface area contributed by atoms with E-state index in [0.29, 0.717) is 17.9 Å².